The minimum atomic E-state index is -0.162. The Labute approximate surface area is 172 Å². The Morgan fingerprint density at radius 3 is 2.00 bits per heavy atom. The van der Waals surface area contributed by atoms with Gasteiger partial charge in [0.1, 0.15) is 0 Å². The largest absolute Gasteiger partial charge is 0.272 e. The molecule has 0 fully saturated rings. The minimum Gasteiger partial charge on any atom is -0.272 e. The molecule has 0 unspecified atom stereocenters. The van der Waals surface area contributed by atoms with Gasteiger partial charge in [-0.15, -0.1) is 5.10 Å². The van der Waals surface area contributed by atoms with Gasteiger partial charge in [0.25, 0.3) is 0 Å². The van der Waals surface area contributed by atoms with Crippen LogP contribution in [0.2, 0.25) is 0 Å². The van der Waals surface area contributed by atoms with Gasteiger partial charge in [0.05, 0.1) is 22.8 Å². The number of aromatic nitrogens is 4. The van der Waals surface area contributed by atoms with E-state index in [4.69, 9.17) is 0 Å². The van der Waals surface area contributed by atoms with Crippen molar-refractivity contribution in [2.24, 2.45) is 0 Å². The van der Waals surface area contributed by atoms with E-state index in [0.717, 1.165) is 17.1 Å². The van der Waals surface area contributed by atoms with Gasteiger partial charge in [0.15, 0.2) is 0 Å². The van der Waals surface area contributed by atoms with E-state index in [1.807, 2.05) is 91.0 Å². The van der Waals surface area contributed by atoms with Crippen LogP contribution >= 0.6 is 11.8 Å². The van der Waals surface area contributed by atoms with Crippen molar-refractivity contribution in [1.82, 2.24) is 25.6 Å². The Balaban J connectivity index is 1.47. The van der Waals surface area contributed by atoms with Crippen molar-refractivity contribution in [3.63, 3.8) is 0 Å². The Morgan fingerprint density at radius 2 is 1.41 bits per heavy atom. The average molecular weight is 402 g/mol. The summed E-state index contributed by atoms with van der Waals surface area (Å²) in [6, 6.07) is 28.9. The van der Waals surface area contributed by atoms with E-state index in [1.165, 1.54) is 11.8 Å². The Hall–Kier alpha value is -3.65. The van der Waals surface area contributed by atoms with Crippen molar-refractivity contribution < 1.29 is 4.79 Å². The highest BCUT2D eigenvalue weighted by molar-refractivity contribution is 7.99. The number of thioether (sulfide) groups is 1. The highest BCUT2D eigenvalue weighted by Gasteiger charge is 2.15. The maximum atomic E-state index is 12.7. The van der Waals surface area contributed by atoms with E-state index >= 15 is 0 Å². The zero-order valence-corrected chi connectivity index (χ0v) is 16.2. The van der Waals surface area contributed by atoms with Gasteiger partial charge < -0.3 is 0 Å². The molecule has 7 nitrogen and oxygen atoms in total. The van der Waals surface area contributed by atoms with Crippen LogP contribution in [0, 0.1) is 0 Å². The summed E-state index contributed by atoms with van der Waals surface area (Å²) in [4.78, 5) is 12.7. The van der Waals surface area contributed by atoms with Crippen LogP contribution < -0.4 is 10.4 Å². The number of hydrogen-bond acceptors (Lipinski definition) is 6. The number of hydrazine groups is 1. The Morgan fingerprint density at radius 1 is 0.862 bits per heavy atom. The Bertz CT molecular complexity index is 1020. The maximum absolute atomic E-state index is 12.7. The van der Waals surface area contributed by atoms with Crippen LogP contribution in [-0.4, -0.2) is 31.9 Å². The van der Waals surface area contributed by atoms with Gasteiger partial charge in [-0.25, -0.2) is 0 Å². The van der Waals surface area contributed by atoms with E-state index in [-0.39, 0.29) is 11.7 Å². The predicted molar refractivity (Wildman–Crippen MR) is 113 cm³/mol. The molecule has 0 bridgehead atoms. The summed E-state index contributed by atoms with van der Waals surface area (Å²) < 4.78 is 1.62. The summed E-state index contributed by atoms with van der Waals surface area (Å²) >= 11 is 1.28. The zero-order chi connectivity index (χ0) is 19.9. The number of benzene rings is 3. The lowest BCUT2D eigenvalue weighted by molar-refractivity contribution is -0.118. The number of anilines is 2. The van der Waals surface area contributed by atoms with Crippen molar-refractivity contribution in [3.8, 4) is 5.69 Å². The van der Waals surface area contributed by atoms with E-state index in [9.17, 15) is 4.79 Å². The zero-order valence-electron chi connectivity index (χ0n) is 15.4. The van der Waals surface area contributed by atoms with E-state index in [2.05, 4.69) is 21.0 Å². The first-order chi connectivity index (χ1) is 14.3. The normalized spacial score (nSPS) is 10.5. The fraction of sp³-hybridized carbons (Fsp3) is 0.0476. The molecule has 0 spiro atoms. The fourth-order valence-electron chi connectivity index (χ4n) is 2.72. The monoisotopic (exact) mass is 402 g/mol. The highest BCUT2D eigenvalue weighted by atomic mass is 32.2. The van der Waals surface area contributed by atoms with Crippen LogP contribution in [0.4, 0.5) is 11.4 Å². The molecule has 1 heterocycles. The lowest BCUT2D eigenvalue weighted by Gasteiger charge is -2.25. The highest BCUT2D eigenvalue weighted by Crippen LogP contribution is 2.23. The summed E-state index contributed by atoms with van der Waals surface area (Å²) in [5.74, 6) is 0.00827. The molecule has 4 rings (SSSR count). The average Bonchev–Trinajstić information content (AvgIpc) is 3.26. The van der Waals surface area contributed by atoms with Gasteiger partial charge in [0, 0.05) is 0 Å². The second-order valence-electron chi connectivity index (χ2n) is 6.04. The molecule has 1 N–H and O–H groups in total. The van der Waals surface area contributed by atoms with Gasteiger partial charge in [-0.2, -0.15) is 4.68 Å². The van der Waals surface area contributed by atoms with Crippen molar-refractivity contribution in [2.75, 3.05) is 10.8 Å². The first-order valence-corrected chi connectivity index (χ1v) is 9.96. The molecule has 8 heteroatoms. The molecule has 0 saturated heterocycles. The predicted octanol–water partition coefficient (Wildman–Crippen LogP) is 3.62. The topological polar surface area (TPSA) is 75.9 Å². The van der Waals surface area contributed by atoms with Gasteiger partial charge >= 0.3 is 0 Å². The summed E-state index contributed by atoms with van der Waals surface area (Å²) in [6.45, 7) is 0. The molecule has 144 valence electrons. The molecule has 4 aromatic rings. The molecule has 0 atom stereocenters. The molecular weight excluding hydrogens is 384 g/mol. The van der Waals surface area contributed by atoms with Gasteiger partial charge in [-0.3, -0.25) is 15.2 Å². The number of nitrogens with one attached hydrogen (secondary N) is 1. The fourth-order valence-corrected chi connectivity index (χ4v) is 3.40. The second kappa shape index (κ2) is 9.03. The van der Waals surface area contributed by atoms with Gasteiger partial charge in [-0.1, -0.05) is 66.4 Å². The Kier molecular flexibility index (Phi) is 5.82. The molecule has 0 aliphatic heterocycles. The van der Waals surface area contributed by atoms with E-state index < -0.39 is 0 Å². The van der Waals surface area contributed by atoms with E-state index in [1.54, 1.807) is 9.69 Å². The minimum absolute atomic E-state index is 0.162. The third-order valence-corrected chi connectivity index (χ3v) is 4.96. The number of para-hydroxylation sites is 3. The number of amides is 1. The molecule has 0 aliphatic carbocycles. The van der Waals surface area contributed by atoms with Crippen LogP contribution in [0.1, 0.15) is 0 Å². The number of carbonyl (C=O) groups is 1. The lowest BCUT2D eigenvalue weighted by Crippen LogP contribution is -2.40. The molecule has 0 saturated carbocycles. The lowest BCUT2D eigenvalue weighted by atomic mass is 10.2. The standard InChI is InChI=1S/C21H18N6OS/c28-20(16-29-21-22-24-25-27(21)19-14-8-3-9-15-19)23-26(17-10-4-1-5-11-17)18-12-6-2-7-13-18/h1-15H,16H2,(H,23,28). The molecule has 1 amide bonds. The van der Waals surface area contributed by atoms with Crippen LogP contribution in [0.15, 0.2) is 96.2 Å². The van der Waals surface area contributed by atoms with Crippen LogP contribution in [0.3, 0.4) is 0 Å². The molecular formula is C21H18N6OS. The van der Waals surface area contributed by atoms with Crippen molar-refractivity contribution in [2.45, 2.75) is 5.16 Å². The first kappa shape index (κ1) is 18.7. The van der Waals surface area contributed by atoms with Crippen molar-refractivity contribution in [1.29, 1.82) is 0 Å². The van der Waals surface area contributed by atoms with Crippen molar-refractivity contribution >= 4 is 29.0 Å². The first-order valence-electron chi connectivity index (χ1n) is 8.97. The number of tetrazole rings is 1. The smallest absolute Gasteiger partial charge is 0.249 e. The van der Waals surface area contributed by atoms with Crippen LogP contribution in [-0.2, 0) is 4.79 Å². The maximum Gasteiger partial charge on any atom is 0.249 e. The third-order valence-electron chi connectivity index (χ3n) is 4.04. The summed E-state index contributed by atoms with van der Waals surface area (Å²) in [6.07, 6.45) is 0. The summed E-state index contributed by atoms with van der Waals surface area (Å²) in [5, 5.41) is 14.1. The number of hydrogen-bond donors (Lipinski definition) is 1. The SMILES string of the molecule is O=C(CSc1nnnn1-c1ccccc1)NN(c1ccccc1)c1ccccc1. The molecule has 1 aromatic heterocycles. The molecule has 29 heavy (non-hydrogen) atoms. The number of rotatable bonds is 7. The van der Waals surface area contributed by atoms with Crippen molar-refractivity contribution in [3.05, 3.63) is 91.0 Å². The number of carbonyl (C=O) groups excluding carboxylic acids is 1. The molecule has 0 radical (unpaired) electrons. The van der Waals surface area contributed by atoms with Crippen LogP contribution in [0.25, 0.3) is 5.69 Å². The number of nitrogens with zero attached hydrogens (tertiary/aromatic N) is 5. The van der Waals surface area contributed by atoms with E-state index in [0.29, 0.717) is 5.16 Å². The van der Waals surface area contributed by atoms with Gasteiger partial charge in [0.2, 0.25) is 11.1 Å². The third kappa shape index (κ3) is 4.61. The molecule has 3 aromatic carbocycles. The quantitative estimate of drug-likeness (QED) is 0.376. The second-order valence-corrected chi connectivity index (χ2v) is 6.98. The van der Waals surface area contributed by atoms with Crippen LogP contribution in [0.5, 0.6) is 0 Å². The van der Waals surface area contributed by atoms with Gasteiger partial charge in [-0.05, 0) is 46.8 Å². The summed E-state index contributed by atoms with van der Waals surface area (Å²) in [7, 11) is 0. The summed E-state index contributed by atoms with van der Waals surface area (Å²) in [5.41, 5.74) is 5.54. The molecule has 0 aliphatic rings.